The molecule has 6 nitrogen and oxygen atoms in total. The number of fused-ring (bicyclic) bond motifs is 1. The van der Waals surface area contributed by atoms with E-state index < -0.39 is 10.0 Å². The molecule has 1 aliphatic carbocycles. The molecule has 2 atom stereocenters. The van der Waals surface area contributed by atoms with Crippen molar-refractivity contribution in [3.05, 3.63) is 63.9 Å². The Labute approximate surface area is 186 Å². The van der Waals surface area contributed by atoms with Gasteiger partial charge in [0, 0.05) is 42.0 Å². The number of piperidine rings is 1. The van der Waals surface area contributed by atoms with E-state index in [2.05, 4.69) is 10.3 Å². The standard InChI is InChI=1S/C21H23Cl2N3O3S/c1-2-9-30(28,29)26-11-16-17(12-26)21(16,19-5-3-4-8-24-19)13-25-20(27)15-7-6-14(22)10-18(15)23/h3-8,10,16-17H,2,9,11-13H2,1H3,(H,25,27). The van der Waals surface area contributed by atoms with Gasteiger partial charge in [-0.2, -0.15) is 0 Å². The molecule has 0 radical (unpaired) electrons. The van der Waals surface area contributed by atoms with E-state index >= 15 is 0 Å². The van der Waals surface area contributed by atoms with Gasteiger partial charge in [0.15, 0.2) is 0 Å². The number of rotatable bonds is 7. The van der Waals surface area contributed by atoms with Crippen LogP contribution in [-0.4, -0.2) is 49.0 Å². The van der Waals surface area contributed by atoms with E-state index in [0.29, 0.717) is 41.7 Å². The molecule has 160 valence electrons. The van der Waals surface area contributed by atoms with Crippen LogP contribution in [0.3, 0.4) is 0 Å². The van der Waals surface area contributed by atoms with Crippen molar-refractivity contribution in [2.24, 2.45) is 11.8 Å². The fourth-order valence-corrected chi connectivity index (χ4v) is 6.72. The Morgan fingerprint density at radius 1 is 1.23 bits per heavy atom. The topological polar surface area (TPSA) is 79.4 Å². The molecule has 1 saturated carbocycles. The van der Waals surface area contributed by atoms with Crippen molar-refractivity contribution in [1.82, 2.24) is 14.6 Å². The van der Waals surface area contributed by atoms with Crippen molar-refractivity contribution in [3.8, 4) is 0 Å². The number of halogens is 2. The third-order valence-electron chi connectivity index (χ3n) is 6.22. The molecule has 1 aromatic heterocycles. The highest BCUT2D eigenvalue weighted by atomic mass is 35.5. The fourth-order valence-electron chi connectivity index (χ4n) is 4.68. The first-order valence-corrected chi connectivity index (χ1v) is 12.3. The summed E-state index contributed by atoms with van der Waals surface area (Å²) in [6, 6.07) is 10.5. The van der Waals surface area contributed by atoms with Gasteiger partial charge < -0.3 is 5.32 Å². The molecule has 4 rings (SSSR count). The Hall–Kier alpha value is -1.67. The minimum atomic E-state index is -3.23. The summed E-state index contributed by atoms with van der Waals surface area (Å²) in [4.78, 5) is 17.3. The molecule has 9 heteroatoms. The van der Waals surface area contributed by atoms with Crippen LogP contribution in [-0.2, 0) is 15.4 Å². The van der Waals surface area contributed by atoms with E-state index in [1.807, 2.05) is 25.1 Å². The number of nitrogens with zero attached hydrogens (tertiary/aromatic N) is 2. The zero-order chi connectivity index (χ0) is 21.5. The van der Waals surface area contributed by atoms with Crippen LogP contribution in [0.15, 0.2) is 42.6 Å². The monoisotopic (exact) mass is 467 g/mol. The first-order valence-electron chi connectivity index (χ1n) is 9.92. The van der Waals surface area contributed by atoms with Crippen molar-refractivity contribution < 1.29 is 13.2 Å². The minimum absolute atomic E-state index is 0.125. The zero-order valence-electron chi connectivity index (χ0n) is 16.5. The van der Waals surface area contributed by atoms with Crippen molar-refractivity contribution in [1.29, 1.82) is 0 Å². The third-order valence-corrected chi connectivity index (χ3v) is 8.77. The smallest absolute Gasteiger partial charge is 0.252 e. The predicted molar refractivity (Wildman–Crippen MR) is 117 cm³/mol. The number of amides is 1. The maximum atomic E-state index is 12.7. The van der Waals surface area contributed by atoms with Gasteiger partial charge in [0.25, 0.3) is 5.91 Å². The molecule has 2 fully saturated rings. The Balaban J connectivity index is 1.53. The number of carbonyl (C=O) groups is 1. The first-order chi connectivity index (χ1) is 14.3. The molecular formula is C21H23Cl2N3O3S. The van der Waals surface area contributed by atoms with E-state index in [4.69, 9.17) is 23.2 Å². The highest BCUT2D eigenvalue weighted by Crippen LogP contribution is 2.63. The number of sulfonamides is 1. The number of aromatic nitrogens is 1. The number of benzene rings is 1. The number of nitrogens with one attached hydrogen (secondary N) is 1. The number of hydrogen-bond donors (Lipinski definition) is 1. The molecule has 0 bridgehead atoms. The number of hydrogen-bond acceptors (Lipinski definition) is 4. The Bertz CT molecular complexity index is 1050. The summed E-state index contributed by atoms with van der Waals surface area (Å²) in [6.07, 6.45) is 2.33. The highest BCUT2D eigenvalue weighted by Gasteiger charge is 2.70. The Kier molecular flexibility index (Phi) is 5.83. The molecule has 1 N–H and O–H groups in total. The lowest BCUT2D eigenvalue weighted by molar-refractivity contribution is 0.0947. The van der Waals surface area contributed by atoms with Crippen molar-refractivity contribution in [3.63, 3.8) is 0 Å². The summed E-state index contributed by atoms with van der Waals surface area (Å²) in [5.74, 6) is 0.127. The summed E-state index contributed by atoms with van der Waals surface area (Å²) < 4.78 is 26.5. The van der Waals surface area contributed by atoms with Crippen LogP contribution in [0.1, 0.15) is 29.4 Å². The van der Waals surface area contributed by atoms with Gasteiger partial charge in [-0.3, -0.25) is 9.78 Å². The van der Waals surface area contributed by atoms with Gasteiger partial charge in [0.05, 0.1) is 16.3 Å². The zero-order valence-corrected chi connectivity index (χ0v) is 18.8. The molecule has 1 saturated heterocycles. The van der Waals surface area contributed by atoms with Crippen LogP contribution < -0.4 is 5.32 Å². The lowest BCUT2D eigenvalue weighted by Crippen LogP contribution is -2.41. The SMILES string of the molecule is CCCS(=O)(=O)N1CC2C(C1)C2(CNC(=O)c1ccc(Cl)cc1Cl)c1ccccn1. The van der Waals surface area contributed by atoms with Crippen LogP contribution in [0.5, 0.6) is 0 Å². The average molecular weight is 468 g/mol. The highest BCUT2D eigenvalue weighted by molar-refractivity contribution is 7.89. The van der Waals surface area contributed by atoms with Crippen molar-refractivity contribution in [2.75, 3.05) is 25.4 Å². The third kappa shape index (κ3) is 3.73. The van der Waals surface area contributed by atoms with Gasteiger partial charge in [-0.05, 0) is 48.6 Å². The van der Waals surface area contributed by atoms with Crippen molar-refractivity contribution in [2.45, 2.75) is 18.8 Å². The Morgan fingerprint density at radius 2 is 1.97 bits per heavy atom. The van der Waals surface area contributed by atoms with Crippen LogP contribution in [0.25, 0.3) is 0 Å². The van der Waals surface area contributed by atoms with Gasteiger partial charge in [-0.1, -0.05) is 36.2 Å². The second-order valence-corrected chi connectivity index (χ2v) is 10.8. The van der Waals surface area contributed by atoms with Gasteiger partial charge in [-0.25, -0.2) is 12.7 Å². The maximum Gasteiger partial charge on any atom is 0.252 e. The molecule has 2 heterocycles. The van der Waals surface area contributed by atoms with Gasteiger partial charge in [0.2, 0.25) is 10.0 Å². The molecular weight excluding hydrogens is 445 g/mol. The largest absolute Gasteiger partial charge is 0.351 e. The molecule has 2 aromatic rings. The quantitative estimate of drug-likeness (QED) is 0.676. The number of pyridine rings is 1. The summed E-state index contributed by atoms with van der Waals surface area (Å²) in [6.45, 7) is 3.16. The van der Waals surface area contributed by atoms with Gasteiger partial charge in [0.1, 0.15) is 0 Å². The fraction of sp³-hybridized carbons (Fsp3) is 0.429. The first kappa shape index (κ1) is 21.6. The van der Waals surface area contributed by atoms with E-state index in [1.165, 1.54) is 6.07 Å². The molecule has 2 aliphatic rings. The van der Waals surface area contributed by atoms with Crippen LogP contribution in [0.2, 0.25) is 10.0 Å². The molecule has 1 aromatic carbocycles. The molecule has 1 aliphatic heterocycles. The average Bonchev–Trinajstić information content (AvgIpc) is 3.06. The summed E-state index contributed by atoms with van der Waals surface area (Å²) in [5.41, 5.74) is 0.874. The summed E-state index contributed by atoms with van der Waals surface area (Å²) >= 11 is 12.1. The van der Waals surface area contributed by atoms with E-state index in [1.54, 1.807) is 22.6 Å². The Morgan fingerprint density at radius 3 is 2.57 bits per heavy atom. The predicted octanol–water partition coefficient (Wildman–Crippen LogP) is 3.36. The van der Waals surface area contributed by atoms with E-state index in [9.17, 15) is 13.2 Å². The van der Waals surface area contributed by atoms with Crippen molar-refractivity contribution >= 4 is 39.1 Å². The van der Waals surface area contributed by atoms with Crippen LogP contribution in [0.4, 0.5) is 0 Å². The molecule has 0 spiro atoms. The molecule has 1 amide bonds. The van der Waals surface area contributed by atoms with Gasteiger partial charge in [-0.15, -0.1) is 0 Å². The van der Waals surface area contributed by atoms with E-state index in [-0.39, 0.29) is 28.9 Å². The van der Waals surface area contributed by atoms with Crippen LogP contribution >= 0.6 is 23.2 Å². The van der Waals surface area contributed by atoms with Gasteiger partial charge >= 0.3 is 0 Å². The van der Waals surface area contributed by atoms with Crippen LogP contribution in [0, 0.1) is 11.8 Å². The lowest BCUT2D eigenvalue weighted by atomic mass is 9.94. The van der Waals surface area contributed by atoms with E-state index in [0.717, 1.165) is 5.69 Å². The summed E-state index contributed by atoms with van der Waals surface area (Å²) in [7, 11) is -3.23. The maximum absolute atomic E-state index is 12.7. The molecule has 2 unspecified atom stereocenters. The molecule has 30 heavy (non-hydrogen) atoms. The second-order valence-electron chi connectivity index (χ2n) is 7.91. The number of carbonyl (C=O) groups excluding carboxylic acids is 1. The normalized spacial score (nSPS) is 25.7. The lowest BCUT2D eigenvalue weighted by Gasteiger charge is -2.26. The minimum Gasteiger partial charge on any atom is -0.351 e. The summed E-state index contributed by atoms with van der Waals surface area (Å²) in [5, 5.41) is 3.75. The second kappa shape index (κ2) is 8.11.